The van der Waals surface area contributed by atoms with Gasteiger partial charge in [-0.15, -0.1) is 5.10 Å². The number of halogens is 1. The highest BCUT2D eigenvalue weighted by molar-refractivity contribution is 7.05. The van der Waals surface area contributed by atoms with Crippen LogP contribution in [0.2, 0.25) is 0 Å². The predicted molar refractivity (Wildman–Crippen MR) is 73.9 cm³/mol. The molecule has 0 fully saturated rings. The summed E-state index contributed by atoms with van der Waals surface area (Å²) < 4.78 is 23.1. The van der Waals surface area contributed by atoms with Crippen molar-refractivity contribution in [3.05, 3.63) is 28.9 Å². The van der Waals surface area contributed by atoms with Crippen LogP contribution < -0.4 is 10.1 Å². The van der Waals surface area contributed by atoms with Gasteiger partial charge < -0.3 is 10.1 Å². The molecule has 2 aromatic rings. The Morgan fingerprint density at radius 3 is 3.00 bits per heavy atom. The lowest BCUT2D eigenvalue weighted by molar-refractivity contribution is 0.413. The van der Waals surface area contributed by atoms with Crippen molar-refractivity contribution in [3.8, 4) is 17.0 Å². The molecule has 0 saturated heterocycles. The third-order valence-electron chi connectivity index (χ3n) is 2.70. The fourth-order valence-corrected chi connectivity index (χ4v) is 2.41. The molecular formula is C13H16FN3OS. The number of aromatic nitrogens is 2. The van der Waals surface area contributed by atoms with Crippen LogP contribution in [0, 0.1) is 5.82 Å². The summed E-state index contributed by atoms with van der Waals surface area (Å²) in [6.45, 7) is 3.64. The molecule has 6 heteroatoms. The van der Waals surface area contributed by atoms with Gasteiger partial charge in [0.15, 0.2) is 0 Å². The van der Waals surface area contributed by atoms with Gasteiger partial charge in [-0.1, -0.05) is 17.5 Å². The highest BCUT2D eigenvalue weighted by Gasteiger charge is 2.18. The van der Waals surface area contributed by atoms with Gasteiger partial charge in [0.1, 0.15) is 17.3 Å². The lowest BCUT2D eigenvalue weighted by Gasteiger charge is -2.08. The SMILES string of the molecule is CCCNCc1snnc1-c1c(F)cccc1OC. The van der Waals surface area contributed by atoms with Crippen molar-refractivity contribution < 1.29 is 9.13 Å². The van der Waals surface area contributed by atoms with Gasteiger partial charge in [-0.25, -0.2) is 4.39 Å². The summed E-state index contributed by atoms with van der Waals surface area (Å²) in [5.74, 6) is 0.133. The Balaban J connectivity index is 2.34. The van der Waals surface area contributed by atoms with Crippen LogP contribution in [0.1, 0.15) is 18.2 Å². The fourth-order valence-electron chi connectivity index (χ4n) is 1.80. The van der Waals surface area contributed by atoms with E-state index in [0.29, 0.717) is 23.6 Å². The Hall–Kier alpha value is -1.53. The minimum Gasteiger partial charge on any atom is -0.496 e. The van der Waals surface area contributed by atoms with Gasteiger partial charge in [0, 0.05) is 6.54 Å². The summed E-state index contributed by atoms with van der Waals surface area (Å²) >= 11 is 1.28. The first-order valence-electron chi connectivity index (χ1n) is 6.12. The van der Waals surface area contributed by atoms with E-state index in [-0.39, 0.29) is 5.82 Å². The molecule has 102 valence electrons. The molecule has 0 radical (unpaired) electrons. The van der Waals surface area contributed by atoms with Crippen molar-refractivity contribution in [3.63, 3.8) is 0 Å². The molecule has 0 aliphatic carbocycles. The summed E-state index contributed by atoms with van der Waals surface area (Å²) in [6.07, 6.45) is 1.05. The molecule has 0 spiro atoms. The largest absolute Gasteiger partial charge is 0.496 e. The van der Waals surface area contributed by atoms with Crippen molar-refractivity contribution in [2.24, 2.45) is 0 Å². The molecule has 1 aromatic carbocycles. The van der Waals surface area contributed by atoms with Crippen LogP contribution in [0.4, 0.5) is 4.39 Å². The zero-order valence-corrected chi connectivity index (χ0v) is 11.8. The summed E-state index contributed by atoms with van der Waals surface area (Å²) in [5, 5.41) is 7.31. The van der Waals surface area contributed by atoms with Crippen molar-refractivity contribution >= 4 is 11.5 Å². The zero-order chi connectivity index (χ0) is 13.7. The first kappa shape index (κ1) is 13.9. The van der Waals surface area contributed by atoms with E-state index in [1.807, 2.05) is 0 Å². The van der Waals surface area contributed by atoms with Crippen molar-refractivity contribution in [1.29, 1.82) is 0 Å². The molecule has 0 aliphatic rings. The summed E-state index contributed by atoms with van der Waals surface area (Å²) in [4.78, 5) is 0.914. The normalized spacial score (nSPS) is 10.7. The maximum atomic E-state index is 14.0. The molecule has 0 unspecified atom stereocenters. The van der Waals surface area contributed by atoms with E-state index in [0.717, 1.165) is 17.8 Å². The van der Waals surface area contributed by atoms with E-state index in [9.17, 15) is 4.39 Å². The highest BCUT2D eigenvalue weighted by atomic mass is 32.1. The summed E-state index contributed by atoms with van der Waals surface area (Å²) in [7, 11) is 1.52. The maximum Gasteiger partial charge on any atom is 0.136 e. The fraction of sp³-hybridized carbons (Fsp3) is 0.385. The van der Waals surface area contributed by atoms with Gasteiger partial charge in [-0.2, -0.15) is 0 Å². The monoisotopic (exact) mass is 281 g/mol. The number of hydrogen-bond donors (Lipinski definition) is 1. The molecule has 1 heterocycles. The third-order valence-corrected chi connectivity index (χ3v) is 3.42. The number of benzene rings is 1. The average Bonchev–Trinajstić information content (AvgIpc) is 2.87. The standard InChI is InChI=1S/C13H16FN3OS/c1-3-7-15-8-11-13(16-17-19-11)12-9(14)5-4-6-10(12)18-2/h4-6,15H,3,7-8H2,1-2H3. The molecule has 0 atom stereocenters. The van der Waals surface area contributed by atoms with Crippen molar-refractivity contribution in [2.75, 3.05) is 13.7 Å². The van der Waals surface area contributed by atoms with Crippen LogP contribution >= 0.6 is 11.5 Å². The van der Waals surface area contributed by atoms with Crippen molar-refractivity contribution in [2.45, 2.75) is 19.9 Å². The van der Waals surface area contributed by atoms with Gasteiger partial charge in [-0.3, -0.25) is 0 Å². The topological polar surface area (TPSA) is 47.0 Å². The van der Waals surface area contributed by atoms with Gasteiger partial charge in [0.05, 0.1) is 17.6 Å². The second-order valence-electron chi connectivity index (χ2n) is 4.04. The van der Waals surface area contributed by atoms with Crippen LogP contribution in [-0.2, 0) is 6.54 Å². The molecule has 2 rings (SSSR count). The van der Waals surface area contributed by atoms with Crippen LogP contribution in [0.3, 0.4) is 0 Å². The molecule has 0 amide bonds. The van der Waals surface area contributed by atoms with Gasteiger partial charge in [0.2, 0.25) is 0 Å². The molecule has 0 aliphatic heterocycles. The molecule has 1 aromatic heterocycles. The Morgan fingerprint density at radius 1 is 1.42 bits per heavy atom. The molecule has 0 bridgehead atoms. The highest BCUT2D eigenvalue weighted by Crippen LogP contribution is 2.34. The van der Waals surface area contributed by atoms with E-state index in [1.54, 1.807) is 12.1 Å². The number of ether oxygens (including phenoxy) is 1. The Kier molecular flexibility index (Phi) is 4.81. The zero-order valence-electron chi connectivity index (χ0n) is 10.9. The van der Waals surface area contributed by atoms with E-state index in [1.165, 1.54) is 24.7 Å². The van der Waals surface area contributed by atoms with Gasteiger partial charge >= 0.3 is 0 Å². The van der Waals surface area contributed by atoms with E-state index >= 15 is 0 Å². The van der Waals surface area contributed by atoms with E-state index in [2.05, 4.69) is 21.8 Å². The van der Waals surface area contributed by atoms with Crippen LogP contribution in [0.5, 0.6) is 5.75 Å². The quantitative estimate of drug-likeness (QED) is 0.827. The Morgan fingerprint density at radius 2 is 2.26 bits per heavy atom. The molecule has 19 heavy (non-hydrogen) atoms. The van der Waals surface area contributed by atoms with Gasteiger partial charge in [0.25, 0.3) is 0 Å². The van der Waals surface area contributed by atoms with Crippen LogP contribution in [-0.4, -0.2) is 23.2 Å². The number of rotatable bonds is 6. The van der Waals surface area contributed by atoms with E-state index < -0.39 is 0 Å². The maximum absolute atomic E-state index is 14.0. The molecule has 1 N–H and O–H groups in total. The second kappa shape index (κ2) is 6.58. The van der Waals surface area contributed by atoms with Crippen LogP contribution in [0.25, 0.3) is 11.3 Å². The molecule has 4 nitrogen and oxygen atoms in total. The summed E-state index contributed by atoms with van der Waals surface area (Å²) in [6, 6.07) is 4.74. The Labute approximate surface area is 115 Å². The molecular weight excluding hydrogens is 265 g/mol. The number of nitrogens with one attached hydrogen (secondary N) is 1. The smallest absolute Gasteiger partial charge is 0.136 e. The minimum atomic E-state index is -0.344. The number of hydrogen-bond acceptors (Lipinski definition) is 5. The average molecular weight is 281 g/mol. The van der Waals surface area contributed by atoms with Crippen LogP contribution in [0.15, 0.2) is 18.2 Å². The van der Waals surface area contributed by atoms with E-state index in [4.69, 9.17) is 4.74 Å². The first-order valence-corrected chi connectivity index (χ1v) is 6.90. The predicted octanol–water partition coefficient (Wildman–Crippen LogP) is 2.85. The second-order valence-corrected chi connectivity index (χ2v) is 4.88. The van der Waals surface area contributed by atoms with Gasteiger partial charge in [-0.05, 0) is 36.6 Å². The lowest BCUT2D eigenvalue weighted by atomic mass is 10.1. The first-order chi connectivity index (χ1) is 9.27. The summed E-state index contributed by atoms with van der Waals surface area (Å²) in [5.41, 5.74) is 0.940. The number of nitrogens with zero attached hydrogens (tertiary/aromatic N) is 2. The number of methoxy groups -OCH3 is 1. The minimum absolute atomic E-state index is 0.344. The molecule has 0 saturated carbocycles. The van der Waals surface area contributed by atoms with Crippen molar-refractivity contribution in [1.82, 2.24) is 14.9 Å². The Bertz CT molecular complexity index is 544. The third kappa shape index (κ3) is 3.08. The lowest BCUT2D eigenvalue weighted by Crippen LogP contribution is -2.13.